The summed E-state index contributed by atoms with van der Waals surface area (Å²) in [5, 5.41) is 0.504. The maximum atomic E-state index is 12.8. The van der Waals surface area contributed by atoms with Crippen LogP contribution in [0, 0.1) is 0 Å². The van der Waals surface area contributed by atoms with E-state index in [-0.39, 0.29) is 18.0 Å². The summed E-state index contributed by atoms with van der Waals surface area (Å²) in [6.07, 6.45) is 0.118. The van der Waals surface area contributed by atoms with Crippen molar-refractivity contribution in [3.8, 4) is 5.75 Å². The lowest BCUT2D eigenvalue weighted by molar-refractivity contribution is -0.0507. The van der Waals surface area contributed by atoms with Gasteiger partial charge in [0.15, 0.2) is 5.82 Å². The Balaban J connectivity index is 1.95. The summed E-state index contributed by atoms with van der Waals surface area (Å²) in [7, 11) is 0. The van der Waals surface area contributed by atoms with E-state index >= 15 is 0 Å². The number of rotatable bonds is 3. The number of benzene rings is 2. The highest BCUT2D eigenvalue weighted by Gasteiger charge is 2.36. The van der Waals surface area contributed by atoms with Crippen LogP contribution in [0.5, 0.6) is 5.75 Å². The van der Waals surface area contributed by atoms with E-state index < -0.39 is 12.7 Å². The Morgan fingerprint density at radius 1 is 1.32 bits per heavy atom. The van der Waals surface area contributed by atoms with Gasteiger partial charge in [0.25, 0.3) is 0 Å². The highest BCUT2D eigenvalue weighted by molar-refractivity contribution is 9.10. The minimum Gasteiger partial charge on any atom is -0.434 e. The highest BCUT2D eigenvalue weighted by atomic mass is 79.9. The third kappa shape index (κ3) is 2.71. The summed E-state index contributed by atoms with van der Waals surface area (Å²) < 4.78 is 32.6. The van der Waals surface area contributed by atoms with Crippen LogP contribution in [0.2, 0.25) is 5.02 Å². The number of halogens is 4. The third-order valence-corrected chi connectivity index (χ3v) is 5.08. The fraction of sp³-hybridized carbons (Fsp3) is 0.176. The molecule has 2 aromatic carbocycles. The molecule has 25 heavy (non-hydrogen) atoms. The molecule has 4 rings (SSSR count). The molecule has 1 aliphatic rings. The zero-order valence-electron chi connectivity index (χ0n) is 12.5. The number of carbonyl (C=O) groups is 1. The van der Waals surface area contributed by atoms with E-state index in [1.54, 1.807) is 34.9 Å². The molecule has 0 N–H and O–H groups in total. The van der Waals surface area contributed by atoms with Gasteiger partial charge in [-0.2, -0.15) is 8.78 Å². The molecule has 0 aliphatic carbocycles. The maximum Gasteiger partial charge on any atom is 0.387 e. The van der Waals surface area contributed by atoms with E-state index in [1.165, 1.54) is 6.07 Å². The molecule has 1 aliphatic heterocycles. The minimum absolute atomic E-state index is 0.0268. The van der Waals surface area contributed by atoms with Crippen LogP contribution in [0.1, 0.15) is 28.6 Å². The number of ketones is 1. The Morgan fingerprint density at radius 3 is 2.88 bits per heavy atom. The van der Waals surface area contributed by atoms with Crippen molar-refractivity contribution < 1.29 is 18.3 Å². The van der Waals surface area contributed by atoms with Crippen LogP contribution < -0.4 is 4.74 Å². The molecule has 1 atom stereocenters. The number of hydrogen-bond donors (Lipinski definition) is 0. The van der Waals surface area contributed by atoms with E-state index in [9.17, 15) is 13.6 Å². The quantitative estimate of drug-likeness (QED) is 0.575. The molecule has 0 saturated carbocycles. The largest absolute Gasteiger partial charge is 0.434 e. The lowest BCUT2D eigenvalue weighted by Gasteiger charge is -2.19. The molecule has 0 amide bonds. The highest BCUT2D eigenvalue weighted by Crippen LogP contribution is 2.43. The molecule has 8 heteroatoms. The Kier molecular flexibility index (Phi) is 4.00. The molecule has 0 bridgehead atoms. The Morgan fingerprint density at radius 2 is 2.12 bits per heavy atom. The number of aromatic nitrogens is 2. The zero-order valence-corrected chi connectivity index (χ0v) is 14.9. The van der Waals surface area contributed by atoms with Crippen LogP contribution in [0.3, 0.4) is 0 Å². The van der Waals surface area contributed by atoms with Gasteiger partial charge in [-0.25, -0.2) is 4.98 Å². The zero-order chi connectivity index (χ0) is 17.7. The molecule has 0 spiro atoms. The molecule has 0 unspecified atom stereocenters. The second-order valence-corrected chi connectivity index (χ2v) is 6.90. The summed E-state index contributed by atoms with van der Waals surface area (Å²) in [4.78, 5) is 16.8. The molecule has 2 heterocycles. The summed E-state index contributed by atoms with van der Waals surface area (Å²) in [6.45, 7) is -2.96. The number of carbonyl (C=O) groups excluding carboxylic acids is 1. The van der Waals surface area contributed by atoms with Crippen molar-refractivity contribution in [3.05, 3.63) is 57.3 Å². The van der Waals surface area contributed by atoms with Gasteiger partial charge < -0.3 is 9.30 Å². The van der Waals surface area contributed by atoms with Crippen LogP contribution in [-0.4, -0.2) is 21.9 Å². The molecule has 1 aromatic heterocycles. The molecule has 3 aromatic rings. The van der Waals surface area contributed by atoms with Crippen molar-refractivity contribution in [1.82, 2.24) is 9.55 Å². The predicted molar refractivity (Wildman–Crippen MR) is 92.6 cm³/mol. The molecule has 0 saturated heterocycles. The number of nitrogens with zero attached hydrogens (tertiary/aromatic N) is 2. The van der Waals surface area contributed by atoms with Crippen molar-refractivity contribution in [2.75, 3.05) is 0 Å². The molecular formula is C17H10BrClF2N2O2. The second kappa shape index (κ2) is 6.07. The van der Waals surface area contributed by atoms with Crippen molar-refractivity contribution >= 4 is 44.3 Å². The molecule has 4 nitrogen and oxygen atoms in total. The first-order valence-electron chi connectivity index (χ1n) is 7.39. The number of hydrogen-bond acceptors (Lipinski definition) is 3. The van der Waals surface area contributed by atoms with Gasteiger partial charge in [-0.1, -0.05) is 33.6 Å². The maximum absolute atomic E-state index is 12.8. The smallest absolute Gasteiger partial charge is 0.387 e. The van der Waals surface area contributed by atoms with Gasteiger partial charge in [-0.3, -0.25) is 4.79 Å². The van der Waals surface area contributed by atoms with Crippen LogP contribution in [-0.2, 0) is 0 Å². The molecule has 0 fully saturated rings. The first-order valence-corrected chi connectivity index (χ1v) is 8.56. The van der Waals surface area contributed by atoms with Crippen LogP contribution in [0.15, 0.2) is 40.9 Å². The summed E-state index contributed by atoms with van der Waals surface area (Å²) >= 11 is 9.47. The van der Waals surface area contributed by atoms with E-state index in [1.807, 2.05) is 0 Å². The first-order chi connectivity index (χ1) is 12.0. The summed E-state index contributed by atoms with van der Waals surface area (Å²) in [5.41, 5.74) is 1.78. The van der Waals surface area contributed by atoms with Crippen molar-refractivity contribution in [2.24, 2.45) is 0 Å². The molecular weight excluding hydrogens is 418 g/mol. The van der Waals surface area contributed by atoms with Gasteiger partial charge in [-0.15, -0.1) is 0 Å². The first kappa shape index (κ1) is 16.5. The Labute approximate surface area is 154 Å². The summed E-state index contributed by atoms with van der Waals surface area (Å²) in [6, 6.07) is 9.41. The summed E-state index contributed by atoms with van der Waals surface area (Å²) in [5.74, 6) is 0.163. The van der Waals surface area contributed by atoms with Gasteiger partial charge in [-0.05, 0) is 30.3 Å². The predicted octanol–water partition coefficient (Wildman–Crippen LogP) is 5.23. The normalized spacial score (nSPS) is 16.7. The van der Waals surface area contributed by atoms with Crippen LogP contribution in [0.4, 0.5) is 8.78 Å². The molecule has 0 radical (unpaired) electrons. The standard InChI is InChI=1S/C17H10BrClF2N2O2/c18-9-2-1-3-14(25-17(20)21)15(9)12-7-13(24)16-22-10-5-4-8(19)6-11(10)23(12)16/h1-6,12,17H,7H2/t12-/m1/s1. The van der Waals surface area contributed by atoms with E-state index in [4.69, 9.17) is 11.6 Å². The number of fused-ring (bicyclic) bond motifs is 3. The van der Waals surface area contributed by atoms with Crippen LogP contribution in [0.25, 0.3) is 11.0 Å². The number of imidazole rings is 1. The average Bonchev–Trinajstić information content (AvgIpc) is 3.05. The van der Waals surface area contributed by atoms with E-state index in [0.29, 0.717) is 31.9 Å². The average molecular weight is 428 g/mol. The van der Waals surface area contributed by atoms with Gasteiger partial charge in [0.1, 0.15) is 5.75 Å². The Hall–Kier alpha value is -1.99. The van der Waals surface area contributed by atoms with E-state index in [0.717, 1.165) is 0 Å². The SMILES string of the molecule is O=C1C[C@H](c2c(Br)cccc2OC(F)F)n2c1nc1ccc(Cl)cc12. The fourth-order valence-corrected chi connectivity index (χ4v) is 3.99. The van der Waals surface area contributed by atoms with Gasteiger partial charge in [0, 0.05) is 21.5 Å². The second-order valence-electron chi connectivity index (χ2n) is 5.61. The van der Waals surface area contributed by atoms with E-state index in [2.05, 4.69) is 25.7 Å². The monoisotopic (exact) mass is 426 g/mol. The lowest BCUT2D eigenvalue weighted by Crippen LogP contribution is -2.11. The third-order valence-electron chi connectivity index (χ3n) is 4.15. The Bertz CT molecular complexity index is 1010. The van der Waals surface area contributed by atoms with Gasteiger partial charge in [0.05, 0.1) is 17.1 Å². The molecule has 128 valence electrons. The van der Waals surface area contributed by atoms with Gasteiger partial charge >= 0.3 is 6.61 Å². The van der Waals surface area contributed by atoms with Crippen molar-refractivity contribution in [3.63, 3.8) is 0 Å². The number of alkyl halides is 2. The minimum atomic E-state index is -2.96. The number of ether oxygens (including phenoxy) is 1. The fourth-order valence-electron chi connectivity index (χ4n) is 3.21. The van der Waals surface area contributed by atoms with Crippen molar-refractivity contribution in [2.45, 2.75) is 19.1 Å². The van der Waals surface area contributed by atoms with Crippen molar-refractivity contribution in [1.29, 1.82) is 0 Å². The van der Waals surface area contributed by atoms with Crippen LogP contribution >= 0.6 is 27.5 Å². The topological polar surface area (TPSA) is 44.1 Å². The lowest BCUT2D eigenvalue weighted by atomic mass is 10.0. The number of Topliss-reactive ketones (excluding diaryl/α,β-unsaturated/α-hetero) is 1. The van der Waals surface area contributed by atoms with Gasteiger partial charge in [0.2, 0.25) is 5.78 Å².